The topological polar surface area (TPSA) is 63.6 Å². The second-order valence-electron chi connectivity index (χ2n) is 4.46. The molecule has 112 valence electrons. The van der Waals surface area contributed by atoms with Gasteiger partial charge in [-0.1, -0.05) is 30.3 Å². The van der Waals surface area contributed by atoms with E-state index in [0.717, 1.165) is 29.8 Å². The molecule has 0 radical (unpaired) electrons. The van der Waals surface area contributed by atoms with Gasteiger partial charge in [-0.15, -0.1) is 0 Å². The number of aromatic carboxylic acids is 1. The summed E-state index contributed by atoms with van der Waals surface area (Å²) in [5.74, 6) is -2.41. The van der Waals surface area contributed by atoms with Crippen molar-refractivity contribution in [3.05, 3.63) is 77.1 Å². The molecule has 2 aromatic rings. The van der Waals surface area contributed by atoms with E-state index in [1.54, 1.807) is 0 Å². The molecule has 0 heterocycles. The lowest BCUT2D eigenvalue weighted by molar-refractivity contribution is -0.138. The fraction of sp³-hybridized carbons (Fsp3) is 0.0588. The molecule has 0 spiro atoms. The third-order valence-corrected chi connectivity index (χ3v) is 2.87. The molecule has 0 atom stereocenters. The van der Waals surface area contributed by atoms with E-state index in [1.807, 2.05) is 30.3 Å². The summed E-state index contributed by atoms with van der Waals surface area (Å²) < 4.78 is 18.2. The average molecular weight is 300 g/mol. The van der Waals surface area contributed by atoms with Gasteiger partial charge in [0.05, 0.1) is 5.56 Å². The van der Waals surface area contributed by atoms with Crippen LogP contribution in [0.3, 0.4) is 0 Å². The highest BCUT2D eigenvalue weighted by molar-refractivity contribution is 5.94. The lowest BCUT2D eigenvalue weighted by atomic mass is 10.1. The molecule has 2 rings (SSSR count). The summed E-state index contributed by atoms with van der Waals surface area (Å²) in [5, 5.41) is 9.00. The van der Waals surface area contributed by atoms with Gasteiger partial charge in [-0.25, -0.2) is 14.0 Å². The van der Waals surface area contributed by atoms with E-state index >= 15 is 0 Å². The molecule has 22 heavy (non-hydrogen) atoms. The summed E-state index contributed by atoms with van der Waals surface area (Å²) in [6.45, 7) is 0.110. The van der Waals surface area contributed by atoms with Crippen LogP contribution < -0.4 is 0 Å². The van der Waals surface area contributed by atoms with Gasteiger partial charge in [0.15, 0.2) is 0 Å². The van der Waals surface area contributed by atoms with Crippen molar-refractivity contribution in [2.75, 3.05) is 0 Å². The lowest BCUT2D eigenvalue weighted by Crippen LogP contribution is -2.02. The maximum absolute atomic E-state index is 13.2. The van der Waals surface area contributed by atoms with Gasteiger partial charge in [0.1, 0.15) is 12.4 Å². The quantitative estimate of drug-likeness (QED) is 0.680. The van der Waals surface area contributed by atoms with E-state index in [1.165, 1.54) is 6.08 Å². The Kier molecular flexibility index (Phi) is 5.03. The Balaban J connectivity index is 2.03. The SMILES string of the molecule is O=C(C=Cc1cc(F)ccc1C(=O)O)OCc1ccccc1. The molecule has 5 heteroatoms. The Morgan fingerprint density at radius 1 is 1.14 bits per heavy atom. The number of rotatable bonds is 5. The number of carboxylic acids is 1. The van der Waals surface area contributed by atoms with Crippen LogP contribution in [0.5, 0.6) is 0 Å². The van der Waals surface area contributed by atoms with E-state index in [9.17, 15) is 14.0 Å². The van der Waals surface area contributed by atoms with Crippen molar-refractivity contribution < 1.29 is 23.8 Å². The van der Waals surface area contributed by atoms with Crippen LogP contribution in [0.25, 0.3) is 6.08 Å². The van der Waals surface area contributed by atoms with Crippen molar-refractivity contribution >= 4 is 18.0 Å². The van der Waals surface area contributed by atoms with Gasteiger partial charge in [0.2, 0.25) is 0 Å². The first-order chi connectivity index (χ1) is 10.6. The first-order valence-electron chi connectivity index (χ1n) is 6.48. The van der Waals surface area contributed by atoms with Crippen LogP contribution in [0.15, 0.2) is 54.6 Å². The number of carbonyl (C=O) groups is 2. The first-order valence-corrected chi connectivity index (χ1v) is 6.48. The molecular weight excluding hydrogens is 287 g/mol. The number of hydrogen-bond acceptors (Lipinski definition) is 3. The number of carboxylic acid groups (broad SMARTS) is 1. The van der Waals surface area contributed by atoms with Gasteiger partial charge in [0.25, 0.3) is 0 Å². The molecule has 0 amide bonds. The number of hydrogen-bond donors (Lipinski definition) is 1. The molecule has 0 aliphatic carbocycles. The number of halogens is 1. The Hall–Kier alpha value is -2.95. The minimum absolute atomic E-state index is 0.0893. The van der Waals surface area contributed by atoms with Crippen molar-refractivity contribution in [2.45, 2.75) is 6.61 Å². The van der Waals surface area contributed by atoms with Crippen LogP contribution in [0, 0.1) is 5.82 Å². The molecule has 0 unspecified atom stereocenters. The van der Waals surface area contributed by atoms with Crippen molar-refractivity contribution in [1.82, 2.24) is 0 Å². The third-order valence-electron chi connectivity index (χ3n) is 2.87. The number of benzene rings is 2. The van der Waals surface area contributed by atoms with Crippen LogP contribution in [0.2, 0.25) is 0 Å². The van der Waals surface area contributed by atoms with Gasteiger partial charge in [-0.2, -0.15) is 0 Å². The van der Waals surface area contributed by atoms with E-state index < -0.39 is 17.8 Å². The summed E-state index contributed by atoms with van der Waals surface area (Å²) in [7, 11) is 0. The zero-order valence-corrected chi connectivity index (χ0v) is 11.5. The van der Waals surface area contributed by atoms with Crippen molar-refractivity contribution in [3.8, 4) is 0 Å². The summed E-state index contributed by atoms with van der Waals surface area (Å²) in [5.41, 5.74) is 0.846. The molecule has 0 fully saturated rings. The first kappa shape index (κ1) is 15.4. The van der Waals surface area contributed by atoms with Gasteiger partial charge in [0, 0.05) is 6.08 Å². The largest absolute Gasteiger partial charge is 0.478 e. The summed E-state index contributed by atoms with van der Waals surface area (Å²) >= 11 is 0. The summed E-state index contributed by atoms with van der Waals surface area (Å²) in [6.07, 6.45) is 2.30. The number of esters is 1. The maximum Gasteiger partial charge on any atom is 0.336 e. The van der Waals surface area contributed by atoms with Gasteiger partial charge < -0.3 is 9.84 Å². The van der Waals surface area contributed by atoms with E-state index in [2.05, 4.69) is 0 Å². The molecule has 1 N–H and O–H groups in total. The fourth-order valence-corrected chi connectivity index (χ4v) is 1.80. The second kappa shape index (κ2) is 7.17. The molecular formula is C17H13FO4. The highest BCUT2D eigenvalue weighted by Gasteiger charge is 2.09. The Labute approximate surface area is 126 Å². The monoisotopic (exact) mass is 300 g/mol. The Morgan fingerprint density at radius 2 is 1.86 bits per heavy atom. The molecule has 0 aliphatic rings. The highest BCUT2D eigenvalue weighted by atomic mass is 19.1. The number of ether oxygens (including phenoxy) is 1. The standard InChI is InChI=1S/C17H13FO4/c18-14-7-8-15(17(20)21)13(10-14)6-9-16(19)22-11-12-4-2-1-3-5-12/h1-10H,11H2,(H,20,21). The zero-order valence-electron chi connectivity index (χ0n) is 11.5. The molecule has 0 aliphatic heterocycles. The minimum atomic E-state index is -1.20. The normalized spacial score (nSPS) is 10.6. The molecule has 2 aromatic carbocycles. The van der Waals surface area contributed by atoms with Crippen LogP contribution in [0.1, 0.15) is 21.5 Å². The predicted octanol–water partition coefficient (Wildman–Crippen LogP) is 3.28. The van der Waals surface area contributed by atoms with Crippen LogP contribution in [-0.4, -0.2) is 17.0 Å². The average Bonchev–Trinajstić information content (AvgIpc) is 2.51. The van der Waals surface area contributed by atoms with E-state index in [4.69, 9.17) is 9.84 Å². The van der Waals surface area contributed by atoms with E-state index in [0.29, 0.717) is 0 Å². The predicted molar refractivity (Wildman–Crippen MR) is 78.6 cm³/mol. The minimum Gasteiger partial charge on any atom is -0.478 e. The van der Waals surface area contributed by atoms with Gasteiger partial charge in [-0.05, 0) is 35.4 Å². The van der Waals surface area contributed by atoms with Crippen molar-refractivity contribution in [1.29, 1.82) is 0 Å². The summed E-state index contributed by atoms with van der Waals surface area (Å²) in [4.78, 5) is 22.6. The lowest BCUT2D eigenvalue weighted by Gasteiger charge is -2.03. The van der Waals surface area contributed by atoms with Crippen molar-refractivity contribution in [3.63, 3.8) is 0 Å². The van der Waals surface area contributed by atoms with Gasteiger partial charge >= 0.3 is 11.9 Å². The molecule has 0 saturated heterocycles. The Morgan fingerprint density at radius 3 is 2.55 bits per heavy atom. The van der Waals surface area contributed by atoms with Gasteiger partial charge in [-0.3, -0.25) is 0 Å². The van der Waals surface area contributed by atoms with Crippen LogP contribution in [0.4, 0.5) is 4.39 Å². The van der Waals surface area contributed by atoms with Crippen LogP contribution in [-0.2, 0) is 16.1 Å². The molecule has 0 aromatic heterocycles. The van der Waals surface area contributed by atoms with Crippen molar-refractivity contribution in [2.24, 2.45) is 0 Å². The molecule has 0 bridgehead atoms. The second-order valence-corrected chi connectivity index (χ2v) is 4.46. The Bertz CT molecular complexity index is 708. The highest BCUT2D eigenvalue weighted by Crippen LogP contribution is 2.13. The maximum atomic E-state index is 13.2. The smallest absolute Gasteiger partial charge is 0.336 e. The summed E-state index contributed by atoms with van der Waals surface area (Å²) in [6, 6.07) is 12.4. The number of carbonyl (C=O) groups excluding carboxylic acids is 1. The zero-order chi connectivity index (χ0) is 15.9. The van der Waals surface area contributed by atoms with E-state index in [-0.39, 0.29) is 17.7 Å². The fourth-order valence-electron chi connectivity index (χ4n) is 1.80. The van der Waals surface area contributed by atoms with Crippen LogP contribution >= 0.6 is 0 Å². The molecule has 0 saturated carbocycles. The third kappa shape index (κ3) is 4.28. The molecule has 4 nitrogen and oxygen atoms in total.